The van der Waals surface area contributed by atoms with Gasteiger partial charge in [-0.3, -0.25) is 24.0 Å². The molecule has 1 N–H and O–H groups in total. The number of sulfonamides is 1. The number of hydrogen-bond acceptors (Lipinski definition) is 6. The van der Waals surface area contributed by atoms with Crippen molar-refractivity contribution in [3.05, 3.63) is 98.5 Å². The fraction of sp³-hybridized carbons (Fsp3) is 0.310. The lowest BCUT2D eigenvalue weighted by atomic mass is 10.1. The minimum Gasteiger partial charge on any atom is -0.354 e. The standard InChI is InChI=1S/C29H32Cl2N4O6S/c1-4-27(29(37)32-17-20(2)3)33(18-24-25(30)11-8-12-26(24)31)28(36)19-34(21-13-15-22(16-14-21)35(38)39)42(40,41)23-9-6-5-7-10-23/h5-16,20,27H,4,17-19H2,1-3H3,(H,32,37)/t27-/m1/s1. The molecule has 3 rings (SSSR count). The van der Waals surface area contributed by atoms with Gasteiger partial charge in [-0.25, -0.2) is 8.42 Å². The fourth-order valence-corrected chi connectivity index (χ4v) is 6.14. The third-order valence-electron chi connectivity index (χ3n) is 6.42. The number of nitro groups is 1. The summed E-state index contributed by atoms with van der Waals surface area (Å²) in [7, 11) is -4.32. The molecule has 2 amide bonds. The van der Waals surface area contributed by atoms with Gasteiger partial charge in [0, 0.05) is 40.8 Å². The first-order valence-electron chi connectivity index (χ1n) is 13.2. The summed E-state index contributed by atoms with van der Waals surface area (Å²) in [6, 6.07) is 16.2. The van der Waals surface area contributed by atoms with Gasteiger partial charge in [0.1, 0.15) is 12.6 Å². The van der Waals surface area contributed by atoms with Crippen LogP contribution in [0.1, 0.15) is 32.8 Å². The van der Waals surface area contributed by atoms with Gasteiger partial charge in [0.25, 0.3) is 15.7 Å². The molecule has 0 bridgehead atoms. The summed E-state index contributed by atoms with van der Waals surface area (Å²) < 4.78 is 28.5. The molecule has 0 aliphatic carbocycles. The molecule has 0 aliphatic rings. The van der Waals surface area contributed by atoms with E-state index in [0.29, 0.717) is 12.1 Å². The number of anilines is 1. The first kappa shape index (κ1) is 32.8. The molecule has 0 saturated heterocycles. The van der Waals surface area contributed by atoms with Gasteiger partial charge in [-0.15, -0.1) is 0 Å². The van der Waals surface area contributed by atoms with Gasteiger partial charge in [0.15, 0.2) is 0 Å². The maximum Gasteiger partial charge on any atom is 0.269 e. The van der Waals surface area contributed by atoms with Crippen LogP contribution in [0.4, 0.5) is 11.4 Å². The van der Waals surface area contributed by atoms with Gasteiger partial charge in [-0.2, -0.15) is 0 Å². The second kappa shape index (κ2) is 14.5. The number of benzene rings is 3. The second-order valence-electron chi connectivity index (χ2n) is 9.88. The molecule has 0 saturated carbocycles. The Balaban J connectivity index is 2.09. The van der Waals surface area contributed by atoms with Crippen molar-refractivity contribution >= 4 is 56.4 Å². The molecule has 0 spiro atoms. The van der Waals surface area contributed by atoms with Gasteiger partial charge >= 0.3 is 0 Å². The van der Waals surface area contributed by atoms with Gasteiger partial charge in [0.05, 0.1) is 15.5 Å². The van der Waals surface area contributed by atoms with Crippen molar-refractivity contribution in [1.29, 1.82) is 0 Å². The van der Waals surface area contributed by atoms with Gasteiger partial charge in [-0.1, -0.05) is 68.2 Å². The SMILES string of the molecule is CC[C@H](C(=O)NCC(C)C)N(Cc1c(Cl)cccc1Cl)C(=O)CN(c1ccc([N+](=O)[O-])cc1)S(=O)(=O)c1ccccc1. The van der Waals surface area contributed by atoms with Crippen LogP contribution in [0.2, 0.25) is 10.0 Å². The molecule has 0 unspecified atom stereocenters. The number of carbonyl (C=O) groups excluding carboxylic acids is 2. The van der Waals surface area contributed by atoms with Gasteiger partial charge in [0.2, 0.25) is 11.8 Å². The summed E-state index contributed by atoms with van der Waals surface area (Å²) in [5, 5.41) is 14.6. The molecule has 0 aromatic heterocycles. The summed E-state index contributed by atoms with van der Waals surface area (Å²) in [6.07, 6.45) is 0.223. The van der Waals surface area contributed by atoms with Crippen LogP contribution in [-0.4, -0.2) is 49.2 Å². The molecule has 224 valence electrons. The Morgan fingerprint density at radius 3 is 2.07 bits per heavy atom. The van der Waals surface area contributed by atoms with E-state index >= 15 is 0 Å². The average molecular weight is 636 g/mol. The predicted octanol–water partition coefficient (Wildman–Crippen LogP) is 5.68. The van der Waals surface area contributed by atoms with Crippen LogP contribution >= 0.6 is 23.2 Å². The van der Waals surface area contributed by atoms with E-state index in [9.17, 15) is 28.1 Å². The lowest BCUT2D eigenvalue weighted by Gasteiger charge is -2.33. The topological polar surface area (TPSA) is 130 Å². The Morgan fingerprint density at radius 2 is 1.55 bits per heavy atom. The van der Waals surface area contributed by atoms with Crippen LogP contribution < -0.4 is 9.62 Å². The predicted molar refractivity (Wildman–Crippen MR) is 163 cm³/mol. The first-order chi connectivity index (χ1) is 19.9. The highest BCUT2D eigenvalue weighted by Crippen LogP contribution is 2.29. The van der Waals surface area contributed by atoms with E-state index in [-0.39, 0.29) is 45.2 Å². The zero-order valence-electron chi connectivity index (χ0n) is 23.4. The molecule has 3 aromatic rings. The van der Waals surface area contributed by atoms with Crippen molar-refractivity contribution in [3.8, 4) is 0 Å². The normalized spacial score (nSPS) is 12.0. The number of hydrogen-bond donors (Lipinski definition) is 1. The summed E-state index contributed by atoms with van der Waals surface area (Å²) in [5.74, 6) is -0.951. The van der Waals surface area contributed by atoms with Crippen molar-refractivity contribution < 1.29 is 22.9 Å². The molecule has 3 aromatic carbocycles. The van der Waals surface area contributed by atoms with E-state index in [2.05, 4.69) is 5.32 Å². The maximum absolute atomic E-state index is 14.1. The third-order valence-corrected chi connectivity index (χ3v) is 8.92. The Kier molecular flexibility index (Phi) is 11.3. The monoisotopic (exact) mass is 634 g/mol. The fourth-order valence-electron chi connectivity index (χ4n) is 4.18. The van der Waals surface area contributed by atoms with E-state index in [1.165, 1.54) is 29.2 Å². The first-order valence-corrected chi connectivity index (χ1v) is 15.4. The van der Waals surface area contributed by atoms with Crippen LogP contribution in [0, 0.1) is 16.0 Å². The molecule has 0 aliphatic heterocycles. The van der Waals surface area contributed by atoms with E-state index in [0.717, 1.165) is 16.4 Å². The smallest absolute Gasteiger partial charge is 0.269 e. The van der Waals surface area contributed by atoms with E-state index in [1.807, 2.05) is 13.8 Å². The molecule has 0 heterocycles. The zero-order valence-corrected chi connectivity index (χ0v) is 25.7. The van der Waals surface area contributed by atoms with Crippen molar-refractivity contribution in [1.82, 2.24) is 10.2 Å². The highest BCUT2D eigenvalue weighted by molar-refractivity contribution is 7.92. The molecular weight excluding hydrogens is 603 g/mol. The van der Waals surface area contributed by atoms with Crippen LogP contribution in [0.25, 0.3) is 0 Å². The Hall–Kier alpha value is -3.67. The number of rotatable bonds is 13. The van der Waals surface area contributed by atoms with Crippen molar-refractivity contribution in [3.63, 3.8) is 0 Å². The van der Waals surface area contributed by atoms with Crippen LogP contribution in [0.3, 0.4) is 0 Å². The maximum atomic E-state index is 14.1. The Labute approximate surface area is 255 Å². The van der Waals surface area contributed by atoms with Crippen molar-refractivity contribution in [2.75, 3.05) is 17.4 Å². The minimum atomic E-state index is -4.32. The molecule has 0 fully saturated rings. The summed E-state index contributed by atoms with van der Waals surface area (Å²) in [5.41, 5.74) is 0.188. The number of halogens is 2. The molecule has 13 heteroatoms. The van der Waals surface area contributed by atoms with Crippen LogP contribution in [0.5, 0.6) is 0 Å². The van der Waals surface area contributed by atoms with E-state index in [1.54, 1.807) is 43.3 Å². The summed E-state index contributed by atoms with van der Waals surface area (Å²) in [4.78, 5) is 39.2. The van der Waals surface area contributed by atoms with Crippen molar-refractivity contribution in [2.24, 2.45) is 5.92 Å². The molecule has 42 heavy (non-hydrogen) atoms. The summed E-state index contributed by atoms with van der Waals surface area (Å²) >= 11 is 12.8. The van der Waals surface area contributed by atoms with Crippen LogP contribution in [-0.2, 0) is 26.2 Å². The lowest BCUT2D eigenvalue weighted by Crippen LogP contribution is -2.52. The largest absolute Gasteiger partial charge is 0.354 e. The third kappa shape index (κ3) is 7.99. The molecular formula is C29H32Cl2N4O6S. The number of nitrogens with one attached hydrogen (secondary N) is 1. The highest BCUT2D eigenvalue weighted by atomic mass is 35.5. The number of nitro benzene ring substituents is 1. The van der Waals surface area contributed by atoms with Crippen molar-refractivity contribution in [2.45, 2.75) is 44.7 Å². The average Bonchev–Trinajstić information content (AvgIpc) is 2.96. The molecule has 10 nitrogen and oxygen atoms in total. The van der Waals surface area contributed by atoms with E-state index in [4.69, 9.17) is 23.2 Å². The minimum absolute atomic E-state index is 0.0332. The summed E-state index contributed by atoms with van der Waals surface area (Å²) in [6.45, 7) is 5.12. The number of carbonyl (C=O) groups is 2. The number of amides is 2. The highest BCUT2D eigenvalue weighted by Gasteiger charge is 2.34. The number of nitrogens with zero attached hydrogens (tertiary/aromatic N) is 3. The zero-order chi connectivity index (χ0) is 31.0. The van der Waals surface area contributed by atoms with Gasteiger partial charge in [-0.05, 0) is 48.7 Å². The molecule has 1 atom stereocenters. The van der Waals surface area contributed by atoms with E-state index < -0.39 is 39.3 Å². The van der Waals surface area contributed by atoms with Crippen LogP contribution in [0.15, 0.2) is 77.7 Å². The second-order valence-corrected chi connectivity index (χ2v) is 12.6. The lowest BCUT2D eigenvalue weighted by molar-refractivity contribution is -0.384. The number of non-ortho nitro benzene ring substituents is 1. The quantitative estimate of drug-likeness (QED) is 0.190. The Bertz CT molecular complexity index is 1500. The Morgan fingerprint density at radius 1 is 0.952 bits per heavy atom. The van der Waals surface area contributed by atoms with Gasteiger partial charge < -0.3 is 10.2 Å². The molecule has 0 radical (unpaired) electrons.